The van der Waals surface area contributed by atoms with Crippen LogP contribution in [-0.2, 0) is 16.0 Å². The molecule has 0 atom stereocenters. The van der Waals surface area contributed by atoms with E-state index in [2.05, 4.69) is 15.3 Å². The maximum Gasteiger partial charge on any atom is 0.309 e. The highest BCUT2D eigenvalue weighted by Crippen LogP contribution is 2.30. The van der Waals surface area contributed by atoms with Gasteiger partial charge in [-0.2, -0.15) is 0 Å². The summed E-state index contributed by atoms with van der Waals surface area (Å²) in [5.74, 6) is 0.614. The molecule has 1 heterocycles. The number of anilines is 1. The Morgan fingerprint density at radius 2 is 1.96 bits per heavy atom. The summed E-state index contributed by atoms with van der Waals surface area (Å²) in [5, 5.41) is 4.00. The van der Waals surface area contributed by atoms with E-state index in [0.717, 1.165) is 37.8 Å². The van der Waals surface area contributed by atoms with Gasteiger partial charge in [0.25, 0.3) is 0 Å². The molecule has 0 amide bonds. The Hall–Kier alpha value is -1.36. The zero-order valence-electron chi connectivity index (χ0n) is 14.4. The molecule has 0 bridgehead atoms. The normalized spacial score (nSPS) is 21.8. The first-order valence-electron chi connectivity index (χ1n) is 8.29. The van der Waals surface area contributed by atoms with Gasteiger partial charge in [0.15, 0.2) is 0 Å². The zero-order valence-corrected chi connectivity index (χ0v) is 15.1. The van der Waals surface area contributed by atoms with Crippen molar-refractivity contribution in [1.82, 2.24) is 9.97 Å². The van der Waals surface area contributed by atoms with E-state index in [0.29, 0.717) is 10.8 Å². The van der Waals surface area contributed by atoms with Gasteiger partial charge in [0.2, 0.25) is 0 Å². The van der Waals surface area contributed by atoms with Crippen LogP contribution in [0.15, 0.2) is 6.33 Å². The van der Waals surface area contributed by atoms with Crippen molar-refractivity contribution < 1.29 is 9.53 Å². The van der Waals surface area contributed by atoms with E-state index in [1.54, 1.807) is 6.33 Å². The van der Waals surface area contributed by atoms with Crippen LogP contribution < -0.4 is 5.32 Å². The number of carbonyl (C=O) groups excluding carboxylic acids is 1. The van der Waals surface area contributed by atoms with Gasteiger partial charge in [-0.15, -0.1) is 0 Å². The summed E-state index contributed by atoms with van der Waals surface area (Å²) in [6.07, 6.45) is 5.80. The highest BCUT2D eigenvalue weighted by atomic mass is 35.5. The Balaban J connectivity index is 1.89. The molecule has 1 N–H and O–H groups in total. The maximum absolute atomic E-state index is 12.1. The van der Waals surface area contributed by atoms with Crippen molar-refractivity contribution in [3.8, 4) is 0 Å². The predicted octanol–water partition coefficient (Wildman–Crippen LogP) is 4.00. The first kappa shape index (κ1) is 18.0. The van der Waals surface area contributed by atoms with Crippen molar-refractivity contribution in [1.29, 1.82) is 0 Å². The molecule has 23 heavy (non-hydrogen) atoms. The number of hydrogen-bond donors (Lipinski definition) is 1. The molecule has 1 aliphatic rings. The third-order valence-corrected chi connectivity index (χ3v) is 4.40. The lowest BCUT2D eigenvalue weighted by molar-refractivity contribution is -0.161. The highest BCUT2D eigenvalue weighted by Gasteiger charge is 2.30. The van der Waals surface area contributed by atoms with E-state index in [4.69, 9.17) is 16.3 Å². The van der Waals surface area contributed by atoms with Crippen LogP contribution in [0.1, 0.15) is 59.1 Å². The Morgan fingerprint density at radius 1 is 1.30 bits per heavy atom. The molecule has 128 valence electrons. The molecule has 0 spiro atoms. The largest absolute Gasteiger partial charge is 0.460 e. The van der Waals surface area contributed by atoms with Crippen LogP contribution in [0.2, 0.25) is 5.02 Å². The smallest absolute Gasteiger partial charge is 0.309 e. The summed E-state index contributed by atoms with van der Waals surface area (Å²) in [5.41, 5.74) is 0.434. The fourth-order valence-electron chi connectivity index (χ4n) is 2.81. The minimum Gasteiger partial charge on any atom is -0.460 e. The number of carbonyl (C=O) groups is 1. The molecule has 0 radical (unpaired) electrons. The van der Waals surface area contributed by atoms with Crippen LogP contribution in [0.25, 0.3) is 0 Å². The molecule has 1 saturated carbocycles. The van der Waals surface area contributed by atoms with Crippen molar-refractivity contribution in [2.45, 2.75) is 71.4 Å². The molecular formula is C17H26ClN3O2. The second kappa shape index (κ2) is 7.47. The molecule has 2 rings (SSSR count). The van der Waals surface area contributed by atoms with E-state index in [-0.39, 0.29) is 17.9 Å². The van der Waals surface area contributed by atoms with Crippen LogP contribution in [0.4, 0.5) is 5.82 Å². The Bertz CT molecular complexity index is 549. The van der Waals surface area contributed by atoms with Crippen molar-refractivity contribution in [3.05, 3.63) is 17.0 Å². The SMILES string of the molecule is CCc1ncnc(N[C@H]2CC[C@@H](C(=O)OC(C)(C)C)CC2)c1Cl. The fourth-order valence-corrected chi connectivity index (χ4v) is 3.09. The number of nitrogens with one attached hydrogen (secondary N) is 1. The average Bonchev–Trinajstić information content (AvgIpc) is 2.48. The fraction of sp³-hybridized carbons (Fsp3) is 0.706. The minimum absolute atomic E-state index is 0.000603. The van der Waals surface area contributed by atoms with Crippen LogP contribution in [0.5, 0.6) is 0 Å². The van der Waals surface area contributed by atoms with Gasteiger partial charge in [-0.3, -0.25) is 4.79 Å². The van der Waals surface area contributed by atoms with Gasteiger partial charge in [0, 0.05) is 6.04 Å². The Kier molecular flexibility index (Phi) is 5.84. The molecule has 6 heteroatoms. The molecule has 1 aliphatic carbocycles. The first-order chi connectivity index (χ1) is 10.8. The Morgan fingerprint density at radius 3 is 2.52 bits per heavy atom. The summed E-state index contributed by atoms with van der Waals surface area (Å²) in [6, 6.07) is 0.283. The van der Waals surface area contributed by atoms with Crippen LogP contribution in [-0.4, -0.2) is 27.6 Å². The zero-order chi connectivity index (χ0) is 17.0. The second-order valence-corrected chi connectivity index (χ2v) is 7.44. The lowest BCUT2D eigenvalue weighted by Gasteiger charge is -2.30. The summed E-state index contributed by atoms with van der Waals surface area (Å²) >= 11 is 6.32. The van der Waals surface area contributed by atoms with Crippen molar-refractivity contribution in [2.75, 3.05) is 5.32 Å². The van der Waals surface area contributed by atoms with Crippen LogP contribution in [0, 0.1) is 5.92 Å². The van der Waals surface area contributed by atoms with Crippen LogP contribution in [0.3, 0.4) is 0 Å². The number of aromatic nitrogens is 2. The van der Waals surface area contributed by atoms with Crippen LogP contribution >= 0.6 is 11.6 Å². The molecule has 0 unspecified atom stereocenters. The third-order valence-electron chi connectivity index (χ3n) is 4.00. The Labute approximate surface area is 143 Å². The summed E-state index contributed by atoms with van der Waals surface area (Å²) < 4.78 is 5.48. The second-order valence-electron chi connectivity index (χ2n) is 7.06. The topological polar surface area (TPSA) is 64.1 Å². The van der Waals surface area contributed by atoms with Gasteiger partial charge in [-0.05, 0) is 52.9 Å². The first-order valence-corrected chi connectivity index (χ1v) is 8.66. The number of ether oxygens (including phenoxy) is 1. The van der Waals surface area contributed by atoms with Gasteiger partial charge < -0.3 is 10.1 Å². The number of halogens is 1. The van der Waals surface area contributed by atoms with E-state index in [1.807, 2.05) is 27.7 Å². The molecule has 1 aromatic rings. The molecule has 1 fully saturated rings. The van der Waals surface area contributed by atoms with Crippen molar-refractivity contribution in [2.24, 2.45) is 5.92 Å². The standard InChI is InChI=1S/C17H26ClN3O2/c1-5-13-14(18)15(20-10-19-13)21-12-8-6-11(7-9-12)16(22)23-17(2,3)4/h10-12H,5-9H2,1-4H3,(H,19,20,21)/t11-,12+. The quantitative estimate of drug-likeness (QED) is 0.840. The van der Waals surface area contributed by atoms with Crippen molar-refractivity contribution in [3.63, 3.8) is 0 Å². The minimum atomic E-state index is -0.419. The predicted molar refractivity (Wildman–Crippen MR) is 91.6 cm³/mol. The highest BCUT2D eigenvalue weighted by molar-refractivity contribution is 6.33. The molecule has 1 aromatic heterocycles. The molecule has 5 nitrogen and oxygen atoms in total. The monoisotopic (exact) mass is 339 g/mol. The third kappa shape index (κ3) is 5.06. The average molecular weight is 340 g/mol. The number of rotatable bonds is 4. The van der Waals surface area contributed by atoms with Gasteiger partial charge in [-0.25, -0.2) is 9.97 Å². The van der Waals surface area contributed by atoms with Crippen molar-refractivity contribution >= 4 is 23.4 Å². The number of esters is 1. The van der Waals surface area contributed by atoms with Gasteiger partial charge in [-0.1, -0.05) is 18.5 Å². The lowest BCUT2D eigenvalue weighted by atomic mass is 9.86. The number of nitrogens with zero attached hydrogens (tertiary/aromatic N) is 2. The maximum atomic E-state index is 12.1. The molecular weight excluding hydrogens is 314 g/mol. The van der Waals surface area contributed by atoms with E-state index in [1.165, 1.54) is 0 Å². The number of hydrogen-bond acceptors (Lipinski definition) is 5. The van der Waals surface area contributed by atoms with E-state index in [9.17, 15) is 4.79 Å². The van der Waals surface area contributed by atoms with Gasteiger partial charge in [0.05, 0.1) is 11.6 Å². The van der Waals surface area contributed by atoms with E-state index < -0.39 is 5.60 Å². The number of aryl methyl sites for hydroxylation is 1. The molecule has 0 aromatic carbocycles. The molecule has 0 saturated heterocycles. The van der Waals surface area contributed by atoms with Gasteiger partial charge in [0.1, 0.15) is 22.8 Å². The summed E-state index contributed by atoms with van der Waals surface area (Å²) in [6.45, 7) is 7.73. The van der Waals surface area contributed by atoms with Gasteiger partial charge >= 0.3 is 5.97 Å². The molecule has 0 aliphatic heterocycles. The van der Waals surface area contributed by atoms with E-state index >= 15 is 0 Å². The summed E-state index contributed by atoms with van der Waals surface area (Å²) in [7, 11) is 0. The lowest BCUT2D eigenvalue weighted by Crippen LogP contribution is -2.34. The summed E-state index contributed by atoms with van der Waals surface area (Å²) in [4.78, 5) is 20.5.